The predicted octanol–water partition coefficient (Wildman–Crippen LogP) is 0.364. The Labute approximate surface area is 73.1 Å². The van der Waals surface area contributed by atoms with Gasteiger partial charge < -0.3 is 16.3 Å². The van der Waals surface area contributed by atoms with Crippen LogP contribution in [0.4, 0.5) is 0 Å². The molecule has 3 nitrogen and oxygen atoms in total. The standard InChI is InChI=1S/C9H16N2O/c1-2-3-8(4-5-10)6-9(11)7-12/h2-4,7,9H,5-6,10-11H2,1H3. The molecule has 0 aromatic carbocycles. The third-order valence-electron chi connectivity index (χ3n) is 1.41. The topological polar surface area (TPSA) is 69.1 Å². The second kappa shape index (κ2) is 6.76. The van der Waals surface area contributed by atoms with Gasteiger partial charge in [-0.2, -0.15) is 0 Å². The van der Waals surface area contributed by atoms with Crippen LogP contribution in [0.1, 0.15) is 13.3 Å². The summed E-state index contributed by atoms with van der Waals surface area (Å²) in [6.07, 6.45) is 6.98. The summed E-state index contributed by atoms with van der Waals surface area (Å²) in [6, 6.07) is -0.418. The lowest BCUT2D eigenvalue weighted by Gasteiger charge is -2.03. The molecule has 0 aliphatic rings. The molecule has 12 heavy (non-hydrogen) atoms. The van der Waals surface area contributed by atoms with Crippen LogP contribution in [0, 0.1) is 0 Å². The summed E-state index contributed by atoms with van der Waals surface area (Å²) >= 11 is 0. The molecule has 0 aliphatic carbocycles. The van der Waals surface area contributed by atoms with Crippen molar-refractivity contribution in [1.29, 1.82) is 0 Å². The van der Waals surface area contributed by atoms with Crippen LogP contribution in [0.5, 0.6) is 0 Å². The zero-order chi connectivity index (χ0) is 9.40. The second-order valence-electron chi connectivity index (χ2n) is 2.52. The average molecular weight is 168 g/mol. The number of aldehydes is 1. The smallest absolute Gasteiger partial charge is 0.137 e. The summed E-state index contributed by atoms with van der Waals surface area (Å²) in [5, 5.41) is 0. The molecule has 0 fully saturated rings. The lowest BCUT2D eigenvalue weighted by Crippen LogP contribution is -2.21. The summed E-state index contributed by atoms with van der Waals surface area (Å²) in [5.74, 6) is 0. The zero-order valence-electron chi connectivity index (χ0n) is 7.36. The minimum absolute atomic E-state index is 0.418. The number of hydrogen-bond acceptors (Lipinski definition) is 3. The van der Waals surface area contributed by atoms with Gasteiger partial charge in [-0.15, -0.1) is 0 Å². The number of allylic oxidation sites excluding steroid dienone is 2. The van der Waals surface area contributed by atoms with E-state index in [1.807, 2.05) is 25.2 Å². The van der Waals surface area contributed by atoms with E-state index in [0.717, 1.165) is 11.9 Å². The first-order valence-corrected chi connectivity index (χ1v) is 3.97. The van der Waals surface area contributed by atoms with E-state index in [1.54, 1.807) is 0 Å². The Hall–Kier alpha value is -0.930. The maximum atomic E-state index is 10.2. The molecule has 0 bridgehead atoms. The van der Waals surface area contributed by atoms with Crippen LogP contribution in [-0.4, -0.2) is 18.9 Å². The normalized spacial score (nSPS) is 15.1. The Bertz CT molecular complexity index is 185. The van der Waals surface area contributed by atoms with E-state index in [1.165, 1.54) is 0 Å². The lowest BCUT2D eigenvalue weighted by atomic mass is 10.1. The molecule has 0 saturated carbocycles. The molecule has 0 aromatic heterocycles. The van der Waals surface area contributed by atoms with Crippen LogP contribution in [0.15, 0.2) is 23.8 Å². The Morgan fingerprint density at radius 2 is 2.25 bits per heavy atom. The average Bonchev–Trinajstić information content (AvgIpc) is 2.05. The second-order valence-corrected chi connectivity index (χ2v) is 2.52. The van der Waals surface area contributed by atoms with Gasteiger partial charge in [0.25, 0.3) is 0 Å². The van der Waals surface area contributed by atoms with Gasteiger partial charge in [-0.05, 0) is 18.9 Å². The molecular formula is C9H16N2O. The summed E-state index contributed by atoms with van der Waals surface area (Å²) in [6.45, 7) is 2.39. The van der Waals surface area contributed by atoms with E-state index in [0.29, 0.717) is 13.0 Å². The largest absolute Gasteiger partial charge is 0.327 e. The summed E-state index contributed by atoms with van der Waals surface area (Å²) in [5.41, 5.74) is 11.8. The van der Waals surface area contributed by atoms with Gasteiger partial charge in [0.2, 0.25) is 0 Å². The zero-order valence-corrected chi connectivity index (χ0v) is 7.36. The number of nitrogens with two attached hydrogens (primary N) is 2. The van der Waals surface area contributed by atoms with Crippen LogP contribution < -0.4 is 11.5 Å². The highest BCUT2D eigenvalue weighted by Gasteiger charge is 2.00. The fourth-order valence-corrected chi connectivity index (χ4v) is 0.905. The molecule has 4 N–H and O–H groups in total. The van der Waals surface area contributed by atoms with Crippen molar-refractivity contribution in [2.45, 2.75) is 19.4 Å². The van der Waals surface area contributed by atoms with Crippen molar-refractivity contribution in [2.75, 3.05) is 6.54 Å². The highest BCUT2D eigenvalue weighted by atomic mass is 16.1. The summed E-state index contributed by atoms with van der Waals surface area (Å²) in [4.78, 5) is 10.2. The highest BCUT2D eigenvalue weighted by molar-refractivity contribution is 5.58. The highest BCUT2D eigenvalue weighted by Crippen LogP contribution is 2.04. The van der Waals surface area contributed by atoms with Crippen LogP contribution >= 0.6 is 0 Å². The van der Waals surface area contributed by atoms with Crippen LogP contribution in [0.2, 0.25) is 0 Å². The lowest BCUT2D eigenvalue weighted by molar-refractivity contribution is -0.108. The molecular weight excluding hydrogens is 152 g/mol. The SMILES string of the molecule is CC=CC(=CCN)CC(N)C=O. The molecule has 0 amide bonds. The molecule has 0 radical (unpaired) electrons. The molecule has 0 rings (SSSR count). The van der Waals surface area contributed by atoms with Crippen LogP contribution in [0.3, 0.4) is 0 Å². The molecule has 0 saturated heterocycles. The van der Waals surface area contributed by atoms with E-state index in [2.05, 4.69) is 0 Å². The Kier molecular flexibility index (Phi) is 6.24. The number of carbonyl (C=O) groups excluding carboxylic acids is 1. The minimum atomic E-state index is -0.418. The van der Waals surface area contributed by atoms with Gasteiger partial charge in [-0.25, -0.2) is 0 Å². The van der Waals surface area contributed by atoms with Gasteiger partial charge >= 0.3 is 0 Å². The fraction of sp³-hybridized carbons (Fsp3) is 0.444. The van der Waals surface area contributed by atoms with Crippen LogP contribution in [0.25, 0.3) is 0 Å². The van der Waals surface area contributed by atoms with E-state index < -0.39 is 6.04 Å². The first kappa shape index (κ1) is 11.1. The van der Waals surface area contributed by atoms with Gasteiger partial charge in [-0.1, -0.05) is 18.2 Å². The van der Waals surface area contributed by atoms with Crippen molar-refractivity contribution < 1.29 is 4.79 Å². The summed E-state index contributed by atoms with van der Waals surface area (Å²) in [7, 11) is 0. The van der Waals surface area contributed by atoms with E-state index in [-0.39, 0.29) is 0 Å². The van der Waals surface area contributed by atoms with Gasteiger partial charge in [0.1, 0.15) is 6.29 Å². The third kappa shape index (κ3) is 4.82. The van der Waals surface area contributed by atoms with Crippen molar-refractivity contribution in [3.8, 4) is 0 Å². The van der Waals surface area contributed by atoms with E-state index in [4.69, 9.17) is 11.5 Å². The quantitative estimate of drug-likeness (QED) is 0.460. The van der Waals surface area contributed by atoms with Gasteiger partial charge in [0.15, 0.2) is 0 Å². The van der Waals surface area contributed by atoms with Crippen LogP contribution in [-0.2, 0) is 4.79 Å². The minimum Gasteiger partial charge on any atom is -0.327 e. The van der Waals surface area contributed by atoms with Gasteiger partial charge in [0.05, 0.1) is 6.04 Å². The Morgan fingerprint density at radius 3 is 2.67 bits per heavy atom. The van der Waals surface area contributed by atoms with Crippen molar-refractivity contribution in [1.82, 2.24) is 0 Å². The fourth-order valence-electron chi connectivity index (χ4n) is 0.905. The molecule has 0 aliphatic heterocycles. The molecule has 1 atom stereocenters. The molecule has 3 heteroatoms. The van der Waals surface area contributed by atoms with E-state index >= 15 is 0 Å². The third-order valence-corrected chi connectivity index (χ3v) is 1.41. The monoisotopic (exact) mass is 168 g/mol. The molecule has 0 spiro atoms. The molecule has 68 valence electrons. The molecule has 0 heterocycles. The first-order valence-electron chi connectivity index (χ1n) is 3.97. The predicted molar refractivity (Wildman–Crippen MR) is 50.6 cm³/mol. The summed E-state index contributed by atoms with van der Waals surface area (Å²) < 4.78 is 0. The molecule has 1 unspecified atom stereocenters. The van der Waals surface area contributed by atoms with Crippen molar-refractivity contribution in [3.05, 3.63) is 23.8 Å². The van der Waals surface area contributed by atoms with Crippen molar-refractivity contribution >= 4 is 6.29 Å². The van der Waals surface area contributed by atoms with Crippen molar-refractivity contribution in [3.63, 3.8) is 0 Å². The number of hydrogen-bond donors (Lipinski definition) is 2. The molecule has 0 aromatic rings. The number of rotatable bonds is 5. The first-order chi connectivity index (χ1) is 5.74. The Morgan fingerprint density at radius 1 is 1.58 bits per heavy atom. The maximum absolute atomic E-state index is 10.2. The van der Waals surface area contributed by atoms with Gasteiger partial charge in [0, 0.05) is 6.54 Å². The maximum Gasteiger partial charge on any atom is 0.137 e. The Balaban J connectivity index is 4.13. The van der Waals surface area contributed by atoms with Gasteiger partial charge in [-0.3, -0.25) is 0 Å². The van der Waals surface area contributed by atoms with Crippen molar-refractivity contribution in [2.24, 2.45) is 11.5 Å². The number of carbonyl (C=O) groups is 1. The van der Waals surface area contributed by atoms with E-state index in [9.17, 15) is 4.79 Å².